The van der Waals surface area contributed by atoms with Crippen LogP contribution in [0.1, 0.15) is 89.9 Å². The topological polar surface area (TPSA) is 143 Å². The molecule has 4 N–H and O–H groups in total. The average Bonchev–Trinajstić information content (AvgIpc) is 2.86. The Bertz CT molecular complexity index is 714. The Morgan fingerprint density at radius 1 is 0.694 bits per heavy atom. The first-order valence-electron chi connectivity index (χ1n) is 14.0. The first kappa shape index (κ1) is 27.8. The molecule has 4 rings (SSSR count). The quantitative estimate of drug-likeness (QED) is 0.218. The van der Waals surface area contributed by atoms with Crippen molar-refractivity contribution in [2.45, 2.75) is 120 Å². The van der Waals surface area contributed by atoms with Gasteiger partial charge in [0.2, 0.25) is 0 Å². The van der Waals surface area contributed by atoms with Gasteiger partial charge in [-0.1, -0.05) is 0 Å². The van der Waals surface area contributed by atoms with E-state index in [0.29, 0.717) is 31.1 Å². The minimum Gasteiger partial charge on any atom is -0.481 e. The number of ether oxygens (including phenoxy) is 2. The Labute approximate surface area is 213 Å². The predicted octanol–water partition coefficient (Wildman–Crippen LogP) is 3.54. The zero-order chi connectivity index (χ0) is 25.7. The van der Waals surface area contributed by atoms with Crippen LogP contribution in [0.4, 0.5) is 0 Å². The third kappa shape index (κ3) is 7.19. The van der Waals surface area contributed by atoms with Crippen molar-refractivity contribution in [2.75, 3.05) is 6.61 Å². The number of esters is 1. The van der Waals surface area contributed by atoms with Gasteiger partial charge < -0.3 is 24.8 Å². The van der Waals surface area contributed by atoms with Crippen molar-refractivity contribution in [2.24, 2.45) is 29.6 Å². The number of carbonyl (C=O) groups is 2. The van der Waals surface area contributed by atoms with Gasteiger partial charge in [0, 0.05) is 5.92 Å². The molecule has 0 aromatic carbocycles. The molecule has 4 aliphatic rings. The summed E-state index contributed by atoms with van der Waals surface area (Å²) < 4.78 is 12.2. The molecule has 4 aliphatic carbocycles. The Hall–Kier alpha value is -1.26. The third-order valence-corrected chi connectivity index (χ3v) is 9.37. The lowest BCUT2D eigenvalue weighted by Crippen LogP contribution is -2.40. The van der Waals surface area contributed by atoms with E-state index < -0.39 is 29.9 Å². The van der Waals surface area contributed by atoms with Crippen molar-refractivity contribution < 1.29 is 44.5 Å². The second-order valence-electron chi connectivity index (χ2n) is 11.7. The molecular weight excluding hydrogens is 468 g/mol. The van der Waals surface area contributed by atoms with Gasteiger partial charge in [-0.15, -0.1) is 0 Å². The first-order valence-corrected chi connectivity index (χ1v) is 14.0. The SMILES string of the molecule is O=C(O)C1CC(O)CCC1C(=O)OC1CCC(C2CCC(OC3CCC(O)CC3COO)CC2)CC1. The number of carboxylic acids is 1. The summed E-state index contributed by atoms with van der Waals surface area (Å²) in [6.45, 7) is 0.199. The van der Waals surface area contributed by atoms with Crippen molar-refractivity contribution in [3.63, 3.8) is 0 Å². The highest BCUT2D eigenvalue weighted by atomic mass is 17.1. The van der Waals surface area contributed by atoms with Gasteiger partial charge in [-0.3, -0.25) is 14.8 Å². The highest BCUT2D eigenvalue weighted by molar-refractivity contribution is 5.81. The summed E-state index contributed by atoms with van der Waals surface area (Å²) >= 11 is 0. The summed E-state index contributed by atoms with van der Waals surface area (Å²) in [5, 5.41) is 38.1. The summed E-state index contributed by atoms with van der Waals surface area (Å²) in [5.41, 5.74) is 0. The Balaban J connectivity index is 1.17. The van der Waals surface area contributed by atoms with Crippen LogP contribution in [0.2, 0.25) is 0 Å². The van der Waals surface area contributed by atoms with E-state index in [9.17, 15) is 24.9 Å². The van der Waals surface area contributed by atoms with Crippen molar-refractivity contribution in [3.05, 3.63) is 0 Å². The number of rotatable bonds is 8. The molecule has 9 heteroatoms. The highest BCUT2D eigenvalue weighted by Crippen LogP contribution is 2.41. The van der Waals surface area contributed by atoms with Gasteiger partial charge in [0.05, 0.1) is 42.9 Å². The van der Waals surface area contributed by atoms with E-state index in [1.165, 1.54) is 0 Å². The largest absolute Gasteiger partial charge is 0.481 e. The van der Waals surface area contributed by atoms with Crippen molar-refractivity contribution in [1.82, 2.24) is 0 Å². The fourth-order valence-electron chi connectivity index (χ4n) is 7.24. The molecule has 9 nitrogen and oxygen atoms in total. The van der Waals surface area contributed by atoms with E-state index in [4.69, 9.17) is 14.7 Å². The summed E-state index contributed by atoms with van der Waals surface area (Å²) in [7, 11) is 0. The molecule has 206 valence electrons. The van der Waals surface area contributed by atoms with Crippen LogP contribution in [-0.4, -0.2) is 69.6 Å². The summed E-state index contributed by atoms with van der Waals surface area (Å²) in [6, 6.07) is 0. The fourth-order valence-corrected chi connectivity index (χ4v) is 7.24. The van der Waals surface area contributed by atoms with E-state index >= 15 is 0 Å². The van der Waals surface area contributed by atoms with Gasteiger partial charge >= 0.3 is 11.9 Å². The molecule has 6 unspecified atom stereocenters. The molecule has 6 atom stereocenters. The molecule has 4 saturated carbocycles. The van der Waals surface area contributed by atoms with Crippen LogP contribution in [0.3, 0.4) is 0 Å². The van der Waals surface area contributed by atoms with Crippen LogP contribution in [0.5, 0.6) is 0 Å². The van der Waals surface area contributed by atoms with Crippen LogP contribution in [0.25, 0.3) is 0 Å². The van der Waals surface area contributed by atoms with E-state index in [1.54, 1.807) is 0 Å². The maximum absolute atomic E-state index is 12.7. The fraction of sp³-hybridized carbons (Fsp3) is 0.926. The third-order valence-electron chi connectivity index (χ3n) is 9.37. The number of hydrogen-bond acceptors (Lipinski definition) is 8. The van der Waals surface area contributed by atoms with Crippen LogP contribution in [0.15, 0.2) is 0 Å². The number of aliphatic carboxylic acids is 1. The molecule has 36 heavy (non-hydrogen) atoms. The Kier molecular flexibility index (Phi) is 10.0. The van der Waals surface area contributed by atoms with E-state index in [-0.39, 0.29) is 43.4 Å². The number of carboxylic acid groups (broad SMARTS) is 1. The summed E-state index contributed by atoms with van der Waals surface area (Å²) in [4.78, 5) is 28.7. The normalized spacial score (nSPS) is 42.0. The lowest BCUT2D eigenvalue weighted by atomic mass is 9.72. The van der Waals surface area contributed by atoms with Crippen LogP contribution in [-0.2, 0) is 24.0 Å². The maximum atomic E-state index is 12.7. The molecule has 0 saturated heterocycles. The maximum Gasteiger partial charge on any atom is 0.310 e. The van der Waals surface area contributed by atoms with Gasteiger partial charge in [0.1, 0.15) is 6.10 Å². The van der Waals surface area contributed by atoms with Gasteiger partial charge in [-0.25, -0.2) is 4.89 Å². The van der Waals surface area contributed by atoms with E-state index in [2.05, 4.69) is 4.89 Å². The molecule has 0 aromatic heterocycles. The predicted molar refractivity (Wildman–Crippen MR) is 129 cm³/mol. The summed E-state index contributed by atoms with van der Waals surface area (Å²) in [5.74, 6) is -1.65. The van der Waals surface area contributed by atoms with Gasteiger partial charge in [-0.05, 0) is 102 Å². The molecule has 0 aromatic rings. The van der Waals surface area contributed by atoms with Crippen LogP contribution < -0.4 is 0 Å². The van der Waals surface area contributed by atoms with Crippen molar-refractivity contribution in [1.29, 1.82) is 0 Å². The molecule has 0 aliphatic heterocycles. The Morgan fingerprint density at radius 2 is 1.28 bits per heavy atom. The Morgan fingerprint density at radius 3 is 1.89 bits per heavy atom. The average molecular weight is 513 g/mol. The zero-order valence-electron chi connectivity index (χ0n) is 21.2. The molecular formula is C27H44O9. The zero-order valence-corrected chi connectivity index (χ0v) is 21.2. The number of aliphatic hydroxyl groups is 2. The monoisotopic (exact) mass is 512 g/mol. The molecule has 0 amide bonds. The van der Waals surface area contributed by atoms with Crippen LogP contribution >= 0.6 is 0 Å². The standard InChI is InChI=1S/C27H44O9/c28-19-6-12-25(18(13-19)15-34-33)35-21-7-1-16(2-8-21)17-3-9-22(10-4-17)36-27(32)23-11-5-20(29)14-24(23)26(30)31/h16-25,28-29,33H,1-15H2,(H,30,31). The molecule has 0 spiro atoms. The van der Waals surface area contributed by atoms with Crippen LogP contribution in [0, 0.1) is 29.6 Å². The highest BCUT2D eigenvalue weighted by Gasteiger charge is 2.41. The van der Waals surface area contributed by atoms with E-state index in [1.807, 2.05) is 0 Å². The minimum absolute atomic E-state index is 0.0268. The lowest BCUT2D eigenvalue weighted by molar-refractivity contribution is -0.263. The van der Waals surface area contributed by atoms with Gasteiger partial charge in [0.15, 0.2) is 0 Å². The molecule has 0 heterocycles. The van der Waals surface area contributed by atoms with Crippen molar-refractivity contribution in [3.8, 4) is 0 Å². The lowest BCUT2D eigenvalue weighted by Gasteiger charge is -2.40. The summed E-state index contributed by atoms with van der Waals surface area (Å²) in [6.07, 6.45) is 10.2. The first-order chi connectivity index (χ1) is 17.3. The second kappa shape index (κ2) is 13.0. The smallest absolute Gasteiger partial charge is 0.310 e. The molecule has 0 bridgehead atoms. The van der Waals surface area contributed by atoms with E-state index in [0.717, 1.165) is 64.2 Å². The molecule has 4 fully saturated rings. The number of aliphatic hydroxyl groups excluding tert-OH is 2. The minimum atomic E-state index is -1.03. The van der Waals surface area contributed by atoms with Gasteiger partial charge in [-0.2, -0.15) is 0 Å². The number of carbonyl (C=O) groups excluding carboxylic acids is 1. The van der Waals surface area contributed by atoms with Crippen molar-refractivity contribution >= 4 is 11.9 Å². The molecule has 0 radical (unpaired) electrons. The second-order valence-corrected chi connectivity index (χ2v) is 11.7. The number of hydrogen-bond donors (Lipinski definition) is 4. The van der Waals surface area contributed by atoms with Gasteiger partial charge in [0.25, 0.3) is 0 Å².